The lowest BCUT2D eigenvalue weighted by atomic mass is 9.82. The minimum absolute atomic E-state index is 0.0405. The number of carbonyl (C=O) groups is 2. The number of amides is 1. The number of benzene rings is 1. The molecule has 1 atom stereocenters. The molecule has 2 saturated heterocycles. The van der Waals surface area contributed by atoms with E-state index in [-0.39, 0.29) is 34.3 Å². The molecule has 1 amide bonds. The van der Waals surface area contributed by atoms with Gasteiger partial charge in [0.05, 0.1) is 18.3 Å². The lowest BCUT2D eigenvalue weighted by Crippen LogP contribution is -2.60. The third-order valence-electron chi connectivity index (χ3n) is 9.31. The SMILES string of the molecule is CC1(N)CCN(c2ccc(S(=O)(=O)N3CC(=O)N(c4cc(-c5ccccc5)sc4C(=O)O)[C@H](C4CCCCC4)C3)cn2)CC1. The highest BCUT2D eigenvalue weighted by Gasteiger charge is 2.44. The van der Waals surface area contributed by atoms with Gasteiger partial charge < -0.3 is 20.6 Å². The maximum Gasteiger partial charge on any atom is 0.348 e. The molecular formula is C32H39N5O5S2. The van der Waals surface area contributed by atoms with Gasteiger partial charge >= 0.3 is 5.97 Å². The van der Waals surface area contributed by atoms with Gasteiger partial charge in [-0.25, -0.2) is 18.2 Å². The van der Waals surface area contributed by atoms with E-state index >= 15 is 0 Å². The summed E-state index contributed by atoms with van der Waals surface area (Å²) in [5, 5.41) is 10.2. The van der Waals surface area contributed by atoms with E-state index in [9.17, 15) is 23.1 Å². The number of carboxylic acid groups (broad SMARTS) is 1. The molecule has 2 aliphatic heterocycles. The minimum atomic E-state index is -4.03. The first kappa shape index (κ1) is 30.7. The zero-order valence-corrected chi connectivity index (χ0v) is 26.5. The average Bonchev–Trinajstić information content (AvgIpc) is 3.47. The van der Waals surface area contributed by atoms with Crippen LogP contribution in [0.2, 0.25) is 0 Å². The second-order valence-electron chi connectivity index (χ2n) is 12.5. The van der Waals surface area contributed by atoms with E-state index in [1.807, 2.05) is 37.3 Å². The summed E-state index contributed by atoms with van der Waals surface area (Å²) >= 11 is 1.14. The maximum absolute atomic E-state index is 14.0. The second kappa shape index (κ2) is 12.2. The number of sulfonamides is 1. The molecule has 0 bridgehead atoms. The predicted molar refractivity (Wildman–Crippen MR) is 172 cm³/mol. The Morgan fingerprint density at radius 2 is 1.77 bits per heavy atom. The number of piperidine rings is 1. The molecule has 10 nitrogen and oxygen atoms in total. The fraction of sp³-hybridized carbons (Fsp3) is 0.469. The lowest BCUT2D eigenvalue weighted by molar-refractivity contribution is -0.121. The van der Waals surface area contributed by atoms with Crippen LogP contribution in [0.3, 0.4) is 0 Å². The van der Waals surface area contributed by atoms with Gasteiger partial charge in [-0.2, -0.15) is 4.31 Å². The Morgan fingerprint density at radius 3 is 2.41 bits per heavy atom. The number of pyridine rings is 1. The maximum atomic E-state index is 14.0. The Kier molecular flexibility index (Phi) is 8.53. The predicted octanol–water partition coefficient (Wildman–Crippen LogP) is 4.81. The van der Waals surface area contributed by atoms with Crippen LogP contribution < -0.4 is 15.5 Å². The van der Waals surface area contributed by atoms with Crippen molar-refractivity contribution < 1.29 is 23.1 Å². The van der Waals surface area contributed by atoms with Crippen LogP contribution in [0.4, 0.5) is 11.5 Å². The van der Waals surface area contributed by atoms with Crippen LogP contribution in [0.5, 0.6) is 0 Å². The van der Waals surface area contributed by atoms with Crippen molar-refractivity contribution in [2.75, 3.05) is 36.0 Å². The molecule has 3 fully saturated rings. The summed E-state index contributed by atoms with van der Waals surface area (Å²) in [6.45, 7) is 3.26. The van der Waals surface area contributed by atoms with Gasteiger partial charge in [-0.3, -0.25) is 4.79 Å². The Labute approximate surface area is 262 Å². The smallest absolute Gasteiger partial charge is 0.348 e. The van der Waals surface area contributed by atoms with Crippen LogP contribution in [0, 0.1) is 5.92 Å². The molecule has 0 spiro atoms. The number of nitrogens with zero attached hydrogens (tertiary/aromatic N) is 4. The third kappa shape index (κ3) is 6.13. The topological polar surface area (TPSA) is 137 Å². The van der Waals surface area contributed by atoms with Crippen molar-refractivity contribution >= 4 is 44.7 Å². The number of hydrogen-bond acceptors (Lipinski definition) is 8. The molecule has 3 aliphatic rings. The van der Waals surface area contributed by atoms with Crippen LogP contribution in [0.25, 0.3) is 10.4 Å². The molecule has 1 aliphatic carbocycles. The quantitative estimate of drug-likeness (QED) is 0.377. The minimum Gasteiger partial charge on any atom is -0.477 e. The number of rotatable bonds is 7. The van der Waals surface area contributed by atoms with E-state index in [0.717, 1.165) is 79.8 Å². The van der Waals surface area contributed by atoms with Gasteiger partial charge in [0, 0.05) is 36.2 Å². The van der Waals surface area contributed by atoms with Crippen LogP contribution in [0.1, 0.15) is 61.5 Å². The molecule has 3 aromatic rings. The molecule has 12 heteroatoms. The molecule has 4 heterocycles. The molecule has 2 aromatic heterocycles. The van der Waals surface area contributed by atoms with Gasteiger partial charge in [0.2, 0.25) is 15.9 Å². The van der Waals surface area contributed by atoms with Gasteiger partial charge in [0.25, 0.3) is 0 Å². The first-order valence-electron chi connectivity index (χ1n) is 15.3. The molecule has 0 unspecified atom stereocenters. The van der Waals surface area contributed by atoms with Crippen LogP contribution >= 0.6 is 11.3 Å². The highest BCUT2D eigenvalue weighted by atomic mass is 32.2. The second-order valence-corrected chi connectivity index (χ2v) is 15.5. The molecule has 3 N–H and O–H groups in total. The number of piperazine rings is 1. The summed E-state index contributed by atoms with van der Waals surface area (Å²) in [4.78, 5) is 35.5. The summed E-state index contributed by atoms with van der Waals surface area (Å²) in [6.07, 6.45) is 7.81. The van der Waals surface area contributed by atoms with Crippen molar-refractivity contribution in [3.8, 4) is 10.4 Å². The first-order valence-corrected chi connectivity index (χ1v) is 17.5. The molecule has 1 saturated carbocycles. The number of anilines is 2. The summed E-state index contributed by atoms with van der Waals surface area (Å²) in [5.41, 5.74) is 7.27. The summed E-state index contributed by atoms with van der Waals surface area (Å²) < 4.78 is 29.1. The Morgan fingerprint density at radius 1 is 1.07 bits per heavy atom. The van der Waals surface area contributed by atoms with E-state index in [1.54, 1.807) is 23.1 Å². The number of thiophene rings is 1. The van der Waals surface area contributed by atoms with Gasteiger partial charge in [0.1, 0.15) is 15.6 Å². The fourth-order valence-electron chi connectivity index (χ4n) is 6.71. The largest absolute Gasteiger partial charge is 0.477 e. The first-order chi connectivity index (χ1) is 21.0. The number of hydrogen-bond donors (Lipinski definition) is 2. The zero-order chi connectivity index (χ0) is 31.1. The zero-order valence-electron chi connectivity index (χ0n) is 24.9. The number of aromatic nitrogens is 1. The lowest BCUT2D eigenvalue weighted by Gasteiger charge is -2.44. The van der Waals surface area contributed by atoms with Crippen LogP contribution in [-0.4, -0.2) is 72.4 Å². The van der Waals surface area contributed by atoms with E-state index in [0.29, 0.717) is 11.5 Å². The summed E-state index contributed by atoms with van der Waals surface area (Å²) in [5.74, 6) is -0.764. The van der Waals surface area contributed by atoms with Gasteiger partial charge in [-0.05, 0) is 62.3 Å². The number of nitrogens with two attached hydrogens (primary N) is 1. The van der Waals surface area contributed by atoms with E-state index < -0.39 is 27.9 Å². The van der Waals surface area contributed by atoms with Crippen molar-refractivity contribution in [1.29, 1.82) is 0 Å². The number of aromatic carboxylic acids is 1. The summed E-state index contributed by atoms with van der Waals surface area (Å²) in [6, 6.07) is 14.1. The summed E-state index contributed by atoms with van der Waals surface area (Å²) in [7, 11) is -4.03. The monoisotopic (exact) mass is 637 g/mol. The van der Waals surface area contributed by atoms with Crippen molar-refractivity contribution in [1.82, 2.24) is 9.29 Å². The molecule has 0 radical (unpaired) electrons. The van der Waals surface area contributed by atoms with Crippen molar-refractivity contribution in [2.45, 2.75) is 68.3 Å². The van der Waals surface area contributed by atoms with Gasteiger partial charge in [-0.15, -0.1) is 11.3 Å². The molecular weight excluding hydrogens is 599 g/mol. The Hall–Kier alpha value is -3.32. The van der Waals surface area contributed by atoms with E-state index in [2.05, 4.69) is 9.88 Å². The van der Waals surface area contributed by atoms with Crippen LogP contribution in [0.15, 0.2) is 59.6 Å². The van der Waals surface area contributed by atoms with Crippen molar-refractivity contribution in [3.63, 3.8) is 0 Å². The van der Waals surface area contributed by atoms with Crippen molar-refractivity contribution in [2.24, 2.45) is 11.7 Å². The Bertz CT molecular complexity index is 1610. The van der Waals surface area contributed by atoms with Crippen molar-refractivity contribution in [3.05, 3.63) is 59.6 Å². The standard InChI is InChI=1S/C32H39N5O5S2/c1-32(33)14-16-35(17-15-32)28-13-12-24(19-34-28)44(41,42)36-20-26(22-8-4-2-5-9-22)37(29(38)21-36)25-18-27(43-30(25)31(39)40)23-10-6-3-7-11-23/h3,6-7,10-13,18-19,22,26H,2,4-5,8-9,14-17,20-21,33H2,1H3,(H,39,40)/t26-/m0/s1. The molecule has 1 aromatic carbocycles. The van der Waals surface area contributed by atoms with Gasteiger partial charge in [-0.1, -0.05) is 49.6 Å². The molecule has 6 rings (SSSR count). The Balaban J connectivity index is 1.30. The molecule has 234 valence electrons. The van der Waals surface area contributed by atoms with E-state index in [4.69, 9.17) is 5.73 Å². The normalized spacial score (nSPS) is 21.9. The average molecular weight is 638 g/mol. The fourth-order valence-corrected chi connectivity index (χ4v) is 9.05. The van der Waals surface area contributed by atoms with Gasteiger partial charge in [0.15, 0.2) is 0 Å². The number of carboxylic acids is 1. The molecule has 44 heavy (non-hydrogen) atoms. The number of carbonyl (C=O) groups excluding carboxylic acids is 1. The van der Waals surface area contributed by atoms with E-state index in [1.165, 1.54) is 10.5 Å². The van der Waals surface area contributed by atoms with Crippen LogP contribution in [-0.2, 0) is 14.8 Å². The third-order valence-corrected chi connectivity index (χ3v) is 12.3. The highest BCUT2D eigenvalue weighted by Crippen LogP contribution is 2.42. The highest BCUT2D eigenvalue weighted by molar-refractivity contribution is 7.89.